The highest BCUT2D eigenvalue weighted by atomic mass is 32.2. The minimum absolute atomic E-state index is 0.0945. The van der Waals surface area contributed by atoms with Crippen molar-refractivity contribution in [1.29, 1.82) is 0 Å². The van der Waals surface area contributed by atoms with Gasteiger partial charge >= 0.3 is 0 Å². The van der Waals surface area contributed by atoms with E-state index in [1.165, 1.54) is 19.1 Å². The Labute approximate surface area is 178 Å². The molecular weight excluding hydrogens is 424 g/mol. The van der Waals surface area contributed by atoms with Crippen LogP contribution in [0.1, 0.15) is 17.3 Å². The Morgan fingerprint density at radius 1 is 1.13 bits per heavy atom. The van der Waals surface area contributed by atoms with Gasteiger partial charge in [-0.3, -0.25) is 9.59 Å². The summed E-state index contributed by atoms with van der Waals surface area (Å²) in [4.78, 5) is 24.0. The minimum atomic E-state index is -3.90. The number of amides is 1. The number of ketones is 1. The van der Waals surface area contributed by atoms with Crippen LogP contribution in [0.2, 0.25) is 0 Å². The molecule has 8 nitrogen and oxygen atoms in total. The van der Waals surface area contributed by atoms with Crippen LogP contribution >= 0.6 is 11.8 Å². The first-order valence-corrected chi connectivity index (χ1v) is 11.6. The lowest BCUT2D eigenvalue weighted by Crippen LogP contribution is -2.21. The van der Waals surface area contributed by atoms with Crippen LogP contribution in [0.3, 0.4) is 0 Å². The molecule has 1 amide bonds. The van der Waals surface area contributed by atoms with E-state index in [0.29, 0.717) is 11.3 Å². The van der Waals surface area contributed by atoms with E-state index in [0.717, 1.165) is 16.4 Å². The van der Waals surface area contributed by atoms with Crippen LogP contribution in [0.5, 0.6) is 0 Å². The molecule has 0 bridgehead atoms. The first-order chi connectivity index (χ1) is 14.2. The van der Waals surface area contributed by atoms with Gasteiger partial charge in [-0.15, -0.1) is 11.8 Å². The Morgan fingerprint density at radius 3 is 2.47 bits per heavy atom. The summed E-state index contributed by atoms with van der Waals surface area (Å²) in [5.41, 5.74) is 7.00. The topological polar surface area (TPSA) is 124 Å². The van der Waals surface area contributed by atoms with E-state index in [9.17, 15) is 18.0 Å². The maximum Gasteiger partial charge on any atom is 0.246 e. The zero-order chi connectivity index (χ0) is 21.9. The van der Waals surface area contributed by atoms with E-state index in [1.807, 2.05) is 0 Å². The lowest BCUT2D eigenvalue weighted by molar-refractivity contribution is -0.116. The summed E-state index contributed by atoms with van der Waals surface area (Å²) in [7, 11) is -3.90. The van der Waals surface area contributed by atoms with Gasteiger partial charge in [0.15, 0.2) is 5.78 Å². The molecule has 30 heavy (non-hydrogen) atoms. The molecular formula is C20H20N4O4S2. The van der Waals surface area contributed by atoms with Crippen molar-refractivity contribution in [2.24, 2.45) is 0 Å². The van der Waals surface area contributed by atoms with Crippen LogP contribution in [-0.2, 0) is 21.2 Å². The molecule has 3 N–H and O–H groups in total. The van der Waals surface area contributed by atoms with Crippen molar-refractivity contribution in [3.05, 3.63) is 60.2 Å². The summed E-state index contributed by atoms with van der Waals surface area (Å²) >= 11 is 1.13. The third-order valence-corrected chi connectivity index (χ3v) is 6.91. The molecule has 3 aromatic rings. The summed E-state index contributed by atoms with van der Waals surface area (Å²) in [5.74, 6) is -0.695. The number of carbonyl (C=O) groups is 2. The maximum absolute atomic E-state index is 13.0. The predicted molar refractivity (Wildman–Crippen MR) is 115 cm³/mol. The molecule has 0 unspecified atom stereocenters. The molecule has 10 heteroatoms. The molecule has 0 atom stereocenters. The Balaban J connectivity index is 1.89. The molecule has 0 aliphatic heterocycles. The van der Waals surface area contributed by atoms with Crippen molar-refractivity contribution in [1.82, 2.24) is 9.78 Å². The molecule has 0 saturated heterocycles. The van der Waals surface area contributed by atoms with E-state index in [1.54, 1.807) is 48.7 Å². The van der Waals surface area contributed by atoms with Crippen molar-refractivity contribution in [2.45, 2.75) is 28.3 Å². The highest BCUT2D eigenvalue weighted by Crippen LogP contribution is 2.33. The van der Waals surface area contributed by atoms with Gasteiger partial charge in [0.2, 0.25) is 15.7 Å². The molecule has 2 aromatic carbocycles. The quantitative estimate of drug-likeness (QED) is 0.424. The van der Waals surface area contributed by atoms with E-state index in [2.05, 4.69) is 10.4 Å². The van der Waals surface area contributed by atoms with Crippen LogP contribution in [0.25, 0.3) is 0 Å². The second-order valence-corrected chi connectivity index (χ2v) is 9.06. The second-order valence-electron chi connectivity index (χ2n) is 6.38. The van der Waals surface area contributed by atoms with Crippen molar-refractivity contribution < 1.29 is 18.0 Å². The van der Waals surface area contributed by atoms with Crippen LogP contribution < -0.4 is 11.1 Å². The second kappa shape index (κ2) is 8.72. The summed E-state index contributed by atoms with van der Waals surface area (Å²) < 4.78 is 27.3. The SMILES string of the molecule is CSc1nn(CC(=O)Nc2cccc(C(C)=O)c2)c(N)c1S(=O)(=O)c1ccccc1. The van der Waals surface area contributed by atoms with Gasteiger partial charge in [0.1, 0.15) is 22.3 Å². The highest BCUT2D eigenvalue weighted by Gasteiger charge is 2.29. The van der Waals surface area contributed by atoms with Crippen molar-refractivity contribution >= 4 is 44.8 Å². The smallest absolute Gasteiger partial charge is 0.246 e. The predicted octanol–water partition coefficient (Wildman–Crippen LogP) is 2.86. The Hall–Kier alpha value is -3.11. The monoisotopic (exact) mass is 444 g/mol. The number of anilines is 2. The zero-order valence-corrected chi connectivity index (χ0v) is 18.0. The number of hydrogen-bond donors (Lipinski definition) is 2. The zero-order valence-electron chi connectivity index (χ0n) is 16.3. The third kappa shape index (κ3) is 4.39. The van der Waals surface area contributed by atoms with E-state index >= 15 is 0 Å². The number of sulfone groups is 1. The van der Waals surface area contributed by atoms with E-state index in [4.69, 9.17) is 5.73 Å². The van der Waals surface area contributed by atoms with Gasteiger partial charge in [-0.1, -0.05) is 30.3 Å². The molecule has 0 saturated carbocycles. The number of nitrogens with one attached hydrogen (secondary N) is 1. The molecule has 156 valence electrons. The average Bonchev–Trinajstić information content (AvgIpc) is 3.04. The number of nitrogen functional groups attached to an aromatic ring is 1. The number of nitrogens with zero attached hydrogens (tertiary/aromatic N) is 2. The first kappa shape index (κ1) is 21.6. The minimum Gasteiger partial charge on any atom is -0.383 e. The summed E-state index contributed by atoms with van der Waals surface area (Å²) in [6, 6.07) is 14.4. The van der Waals surface area contributed by atoms with Crippen molar-refractivity contribution in [3.63, 3.8) is 0 Å². The number of aromatic nitrogens is 2. The fourth-order valence-electron chi connectivity index (χ4n) is 2.81. The van der Waals surface area contributed by atoms with Crippen LogP contribution in [-0.4, -0.2) is 36.1 Å². The van der Waals surface area contributed by atoms with Crippen LogP contribution in [0.15, 0.2) is 69.4 Å². The molecule has 0 aliphatic carbocycles. The van der Waals surface area contributed by atoms with Crippen molar-refractivity contribution in [3.8, 4) is 0 Å². The summed E-state index contributed by atoms with van der Waals surface area (Å²) in [6.07, 6.45) is 1.68. The molecule has 3 rings (SSSR count). The third-order valence-electron chi connectivity index (χ3n) is 4.28. The van der Waals surface area contributed by atoms with Gasteiger partial charge in [-0.2, -0.15) is 5.10 Å². The van der Waals surface area contributed by atoms with Gasteiger partial charge in [0.05, 0.1) is 4.90 Å². The Kier molecular flexibility index (Phi) is 6.28. The highest BCUT2D eigenvalue weighted by molar-refractivity contribution is 7.99. The molecule has 1 aromatic heterocycles. The normalized spacial score (nSPS) is 11.3. The van der Waals surface area contributed by atoms with Crippen LogP contribution in [0, 0.1) is 0 Å². The van der Waals surface area contributed by atoms with Gasteiger partial charge in [-0.05, 0) is 37.4 Å². The molecule has 1 heterocycles. The number of nitrogens with two attached hydrogens (primary N) is 1. The number of hydrogen-bond acceptors (Lipinski definition) is 7. The summed E-state index contributed by atoms with van der Waals surface area (Å²) in [5, 5.41) is 7.09. The first-order valence-electron chi connectivity index (χ1n) is 8.85. The molecule has 0 aliphatic rings. The fraction of sp³-hybridized carbons (Fsp3) is 0.150. The van der Waals surface area contributed by atoms with Crippen molar-refractivity contribution in [2.75, 3.05) is 17.3 Å². The van der Waals surface area contributed by atoms with E-state index in [-0.39, 0.29) is 33.0 Å². The van der Waals surface area contributed by atoms with Gasteiger partial charge in [0, 0.05) is 11.3 Å². The molecule has 0 radical (unpaired) electrons. The van der Waals surface area contributed by atoms with Gasteiger partial charge in [0.25, 0.3) is 0 Å². The number of carbonyl (C=O) groups excluding carboxylic acids is 2. The molecule has 0 fully saturated rings. The number of thioether (sulfide) groups is 1. The number of rotatable bonds is 7. The Morgan fingerprint density at radius 2 is 1.83 bits per heavy atom. The Bertz CT molecular complexity index is 1200. The largest absolute Gasteiger partial charge is 0.383 e. The van der Waals surface area contributed by atoms with Gasteiger partial charge in [-0.25, -0.2) is 13.1 Å². The fourth-order valence-corrected chi connectivity index (χ4v) is 5.26. The standard InChI is InChI=1S/C20H20N4O4S2/c1-13(25)14-7-6-8-15(11-14)22-17(26)12-24-19(21)18(20(23-24)29-2)30(27,28)16-9-4-3-5-10-16/h3-11H,12,21H2,1-2H3,(H,22,26). The van der Waals surface area contributed by atoms with Gasteiger partial charge < -0.3 is 11.1 Å². The lowest BCUT2D eigenvalue weighted by Gasteiger charge is -2.08. The summed E-state index contributed by atoms with van der Waals surface area (Å²) in [6.45, 7) is 1.15. The maximum atomic E-state index is 13.0. The average molecular weight is 445 g/mol. The molecule has 0 spiro atoms. The lowest BCUT2D eigenvalue weighted by atomic mass is 10.1. The number of benzene rings is 2. The number of Topliss-reactive ketones (excluding diaryl/α,β-unsaturated/α-hetero) is 1. The van der Waals surface area contributed by atoms with Crippen LogP contribution in [0.4, 0.5) is 11.5 Å². The van der Waals surface area contributed by atoms with E-state index < -0.39 is 15.7 Å².